The topological polar surface area (TPSA) is 161 Å². The van der Waals surface area contributed by atoms with Gasteiger partial charge in [-0.3, -0.25) is 20.2 Å². The summed E-state index contributed by atoms with van der Waals surface area (Å²) in [7, 11) is -8.71. The molecule has 1 aliphatic heterocycles. The summed E-state index contributed by atoms with van der Waals surface area (Å²) in [5.74, 6) is 0. The number of hydrogen-bond acceptors (Lipinski definition) is 8. The second-order valence-electron chi connectivity index (χ2n) is 7.50. The van der Waals surface area contributed by atoms with Gasteiger partial charge < -0.3 is 0 Å². The van der Waals surface area contributed by atoms with Crippen molar-refractivity contribution in [3.8, 4) is 0 Å². The average Bonchev–Trinajstić information content (AvgIpc) is 2.76. The van der Waals surface area contributed by atoms with Gasteiger partial charge >= 0.3 is 0 Å². The summed E-state index contributed by atoms with van der Waals surface area (Å²) in [6.07, 6.45) is 0. The third-order valence-corrected chi connectivity index (χ3v) is 8.64. The number of nitrogens with zero attached hydrogens (tertiary/aromatic N) is 4. The zero-order valence-corrected chi connectivity index (χ0v) is 19.4. The van der Waals surface area contributed by atoms with Gasteiger partial charge in [0.15, 0.2) is 9.79 Å². The van der Waals surface area contributed by atoms with E-state index in [1.807, 2.05) is 0 Å². The maximum Gasteiger partial charge on any atom is 0.289 e. The highest BCUT2D eigenvalue weighted by Gasteiger charge is 2.37. The van der Waals surface area contributed by atoms with E-state index in [0.29, 0.717) is 0 Å². The minimum Gasteiger partial charge on any atom is -0.258 e. The molecule has 0 aromatic heterocycles. The van der Waals surface area contributed by atoms with Crippen molar-refractivity contribution in [2.75, 3.05) is 26.2 Å². The molecule has 0 unspecified atom stereocenters. The summed E-state index contributed by atoms with van der Waals surface area (Å²) < 4.78 is 54.8. The Morgan fingerprint density at radius 2 is 0.941 bits per heavy atom. The first-order valence-corrected chi connectivity index (χ1v) is 12.5. The van der Waals surface area contributed by atoms with Crippen LogP contribution in [0.5, 0.6) is 0 Å². The van der Waals surface area contributed by atoms with Gasteiger partial charge in [0.25, 0.3) is 11.4 Å². The molecular weight excluding hydrogens is 488 g/mol. The molecule has 0 bridgehead atoms. The van der Waals surface area contributed by atoms with Crippen LogP contribution >= 0.6 is 0 Å². The van der Waals surface area contributed by atoms with E-state index in [1.54, 1.807) is 0 Å². The van der Waals surface area contributed by atoms with E-state index < -0.39 is 51.1 Å². The predicted octanol–water partition coefficient (Wildman–Crippen LogP) is 2.31. The summed E-state index contributed by atoms with van der Waals surface area (Å²) in [4.78, 5) is 20.0. The molecule has 0 radical (unpaired) electrons. The highest BCUT2D eigenvalue weighted by Crippen LogP contribution is 2.31. The van der Waals surface area contributed by atoms with E-state index in [4.69, 9.17) is 0 Å². The lowest BCUT2D eigenvalue weighted by Crippen LogP contribution is -2.43. The average molecular weight is 509 g/mol. The largest absolute Gasteiger partial charge is 0.289 e. The molecule has 0 saturated carbocycles. The molecule has 0 spiro atoms. The Morgan fingerprint density at radius 3 is 1.24 bits per heavy atom. The van der Waals surface area contributed by atoms with Crippen LogP contribution in [0.1, 0.15) is 0 Å². The number of nitro groups is 2. The van der Waals surface area contributed by atoms with E-state index in [0.717, 1.165) is 32.9 Å². The summed E-state index contributed by atoms with van der Waals surface area (Å²) in [5.41, 5.74) is -0.864. The Hall–Kier alpha value is -3.46. The molecule has 1 aliphatic rings. The molecule has 34 heavy (non-hydrogen) atoms. The minimum atomic E-state index is -4.35. The van der Waals surface area contributed by atoms with Crippen LogP contribution in [-0.4, -0.2) is 61.5 Å². The van der Waals surface area contributed by atoms with Crippen molar-refractivity contribution >= 4 is 31.4 Å². The third kappa shape index (κ3) is 4.89. The number of rotatable bonds is 6. The van der Waals surface area contributed by atoms with E-state index in [-0.39, 0.29) is 37.3 Å². The van der Waals surface area contributed by atoms with Crippen molar-refractivity contribution in [1.29, 1.82) is 0 Å². The fraction of sp³-hybridized carbons (Fsp3) is 0.200. The maximum atomic E-state index is 13.2. The summed E-state index contributed by atoms with van der Waals surface area (Å²) in [5, 5.41) is 22.7. The van der Waals surface area contributed by atoms with Crippen LogP contribution in [0, 0.1) is 20.2 Å². The molecule has 0 amide bonds. The van der Waals surface area contributed by atoms with Crippen LogP contribution in [0.3, 0.4) is 0 Å². The number of sulfonamides is 2. The van der Waals surface area contributed by atoms with Gasteiger partial charge in [0, 0.05) is 38.3 Å². The maximum absolute atomic E-state index is 13.2. The number of para-hydroxylation sites is 2. The van der Waals surface area contributed by atoms with E-state index in [9.17, 15) is 37.1 Å². The molecule has 0 N–H and O–H groups in total. The van der Waals surface area contributed by atoms with Crippen molar-refractivity contribution in [3.05, 3.63) is 93.1 Å². The van der Waals surface area contributed by atoms with Crippen molar-refractivity contribution in [1.82, 2.24) is 8.61 Å². The van der Waals surface area contributed by atoms with Crippen LogP contribution < -0.4 is 0 Å². The smallest absolute Gasteiger partial charge is 0.258 e. The number of nitro benzene ring substituents is 2. The predicted molar refractivity (Wildman–Crippen MR) is 122 cm³/mol. The van der Waals surface area contributed by atoms with Crippen molar-refractivity contribution in [2.45, 2.75) is 9.79 Å². The van der Waals surface area contributed by atoms with Gasteiger partial charge in [-0.15, -0.1) is 0 Å². The van der Waals surface area contributed by atoms with Crippen molar-refractivity contribution in [2.24, 2.45) is 0 Å². The van der Waals surface area contributed by atoms with E-state index in [2.05, 4.69) is 13.2 Å². The summed E-state index contributed by atoms with van der Waals surface area (Å²) >= 11 is 0. The van der Waals surface area contributed by atoms with Crippen molar-refractivity contribution < 1.29 is 26.7 Å². The zero-order valence-electron chi connectivity index (χ0n) is 17.7. The van der Waals surface area contributed by atoms with Crippen molar-refractivity contribution in [3.63, 3.8) is 0 Å². The van der Waals surface area contributed by atoms with Gasteiger partial charge in [-0.2, -0.15) is 8.61 Å². The first-order chi connectivity index (χ1) is 15.9. The molecule has 180 valence electrons. The van der Waals surface area contributed by atoms with Gasteiger partial charge in [0.05, 0.1) is 9.85 Å². The minimum absolute atomic E-state index is 0.164. The summed E-state index contributed by atoms with van der Waals surface area (Å²) in [6, 6.07) is 9.76. The number of hydrogen-bond donors (Lipinski definition) is 0. The van der Waals surface area contributed by atoms with Crippen LogP contribution in [0.15, 0.2) is 82.6 Å². The molecule has 1 heterocycles. The summed E-state index contributed by atoms with van der Waals surface area (Å²) in [6.45, 7) is 6.17. The second-order valence-corrected chi connectivity index (χ2v) is 11.3. The molecule has 2 aromatic rings. The third-order valence-electron chi connectivity index (χ3n) is 4.96. The lowest BCUT2D eigenvalue weighted by atomic mass is 10.2. The molecule has 14 heteroatoms. The highest BCUT2D eigenvalue weighted by molar-refractivity contribution is 7.89. The van der Waals surface area contributed by atoms with Gasteiger partial charge in [-0.25, -0.2) is 16.8 Å². The normalized spacial score (nSPS) is 16.6. The lowest BCUT2D eigenvalue weighted by Gasteiger charge is -2.31. The second kappa shape index (κ2) is 9.42. The van der Waals surface area contributed by atoms with Gasteiger partial charge in [0.2, 0.25) is 20.0 Å². The molecule has 1 fully saturated rings. The highest BCUT2D eigenvalue weighted by atomic mass is 32.2. The fourth-order valence-electron chi connectivity index (χ4n) is 3.48. The standard InChI is InChI=1S/C20H20N4O8S2/c1-15-11-21(33(29,30)19-9-5-3-7-17(19)23(25)26)13-16(2)14-22(12-15)34(31,32)20-10-6-4-8-18(20)24(27)28/h3-10H,1-2,11-14H2. The van der Waals surface area contributed by atoms with Crippen LogP contribution in [-0.2, 0) is 20.0 Å². The molecule has 12 nitrogen and oxygen atoms in total. The van der Waals surface area contributed by atoms with Gasteiger partial charge in [0.1, 0.15) is 0 Å². The SMILES string of the molecule is C=C1CN(S(=O)(=O)c2ccccc2[N+](=O)[O-])CC(=C)CN(S(=O)(=O)c2ccccc2[N+](=O)[O-])C1. The number of benzene rings is 2. The Balaban J connectivity index is 1.95. The Morgan fingerprint density at radius 1 is 0.647 bits per heavy atom. The molecule has 0 aliphatic carbocycles. The Kier molecular flexibility index (Phi) is 6.97. The quantitative estimate of drug-likeness (QED) is 0.326. The first kappa shape index (κ1) is 25.2. The Bertz CT molecular complexity index is 1280. The van der Waals surface area contributed by atoms with E-state index >= 15 is 0 Å². The lowest BCUT2D eigenvalue weighted by molar-refractivity contribution is -0.388. The van der Waals surface area contributed by atoms with Crippen LogP contribution in [0.4, 0.5) is 11.4 Å². The fourth-order valence-corrected chi connectivity index (χ4v) is 6.76. The molecule has 1 saturated heterocycles. The Labute approximate surface area is 195 Å². The van der Waals surface area contributed by atoms with E-state index in [1.165, 1.54) is 24.3 Å². The molecule has 3 rings (SSSR count). The molecular formula is C20H20N4O8S2. The molecule has 2 aromatic carbocycles. The van der Waals surface area contributed by atoms with Gasteiger partial charge in [-0.1, -0.05) is 37.4 Å². The zero-order chi connectivity index (χ0) is 25.3. The monoisotopic (exact) mass is 508 g/mol. The van der Waals surface area contributed by atoms with Gasteiger partial charge in [-0.05, 0) is 23.3 Å². The molecule has 0 atom stereocenters. The van der Waals surface area contributed by atoms with Crippen LogP contribution in [0.2, 0.25) is 0 Å². The first-order valence-electron chi connectivity index (χ1n) is 9.66. The van der Waals surface area contributed by atoms with Crippen LogP contribution in [0.25, 0.3) is 0 Å².